The average molecular weight is 407 g/mol. The predicted molar refractivity (Wildman–Crippen MR) is 106 cm³/mol. The van der Waals surface area contributed by atoms with Crippen LogP contribution in [-0.4, -0.2) is 17.2 Å². The number of hydrogen-bond donors (Lipinski definition) is 0. The number of halogens is 4. The molecule has 1 aliphatic heterocycles. The lowest BCUT2D eigenvalue weighted by Gasteiger charge is -2.28. The van der Waals surface area contributed by atoms with E-state index >= 15 is 0 Å². The third-order valence-electron chi connectivity index (χ3n) is 4.41. The van der Waals surface area contributed by atoms with Crippen LogP contribution in [0.1, 0.15) is 23.1 Å². The second kappa shape index (κ2) is 9.32. The summed E-state index contributed by atoms with van der Waals surface area (Å²) in [6, 6.07) is 12.0. The number of hydrogen-bond acceptors (Lipinski definition) is 2. The Balaban J connectivity index is 1.51. The van der Waals surface area contributed by atoms with Gasteiger partial charge in [0.25, 0.3) is 0 Å². The van der Waals surface area contributed by atoms with Crippen LogP contribution in [0, 0.1) is 5.82 Å². The smallest absolute Gasteiger partial charge is 0.358 e. The number of nitrogens with zero attached hydrogens (tertiary/aromatic N) is 1. The van der Waals surface area contributed by atoms with E-state index in [1.807, 2.05) is 12.2 Å². The van der Waals surface area contributed by atoms with Crippen molar-refractivity contribution in [3.05, 3.63) is 94.3 Å². The Bertz CT molecular complexity index is 840. The largest absolute Gasteiger partial charge is 0.416 e. The molecule has 28 heavy (non-hydrogen) atoms. The summed E-state index contributed by atoms with van der Waals surface area (Å²) in [5, 5.41) is 1.12. The van der Waals surface area contributed by atoms with Gasteiger partial charge in [-0.15, -0.1) is 11.8 Å². The first-order valence-electron chi connectivity index (χ1n) is 9.07. The second-order valence-electron chi connectivity index (χ2n) is 6.59. The third kappa shape index (κ3) is 5.89. The fraction of sp³-hybridized carbons (Fsp3) is 0.273. The molecule has 0 bridgehead atoms. The maximum Gasteiger partial charge on any atom is 0.416 e. The number of benzene rings is 2. The molecule has 2 aromatic rings. The van der Waals surface area contributed by atoms with Gasteiger partial charge in [0.05, 0.1) is 10.6 Å². The summed E-state index contributed by atoms with van der Waals surface area (Å²) in [6.07, 6.45) is 3.22. The van der Waals surface area contributed by atoms with Crippen molar-refractivity contribution in [2.45, 2.75) is 25.6 Å². The van der Waals surface area contributed by atoms with Crippen LogP contribution in [0.2, 0.25) is 0 Å². The lowest BCUT2D eigenvalue weighted by molar-refractivity contribution is -0.137. The molecule has 3 rings (SSSR count). The van der Waals surface area contributed by atoms with Crippen molar-refractivity contribution < 1.29 is 17.6 Å². The summed E-state index contributed by atoms with van der Waals surface area (Å²) in [5.74, 6) is 0.567. The minimum absolute atomic E-state index is 0.248. The number of allylic oxidation sites excluding steroid dienone is 2. The lowest BCUT2D eigenvalue weighted by Crippen LogP contribution is -2.23. The highest BCUT2D eigenvalue weighted by atomic mass is 32.2. The number of rotatable bonds is 7. The van der Waals surface area contributed by atoms with Crippen LogP contribution in [0.5, 0.6) is 0 Å². The monoisotopic (exact) mass is 407 g/mol. The molecular weight excluding hydrogens is 386 g/mol. The van der Waals surface area contributed by atoms with Crippen LogP contribution in [0.25, 0.3) is 0 Å². The number of aryl methyl sites for hydroxylation is 1. The van der Waals surface area contributed by atoms with E-state index < -0.39 is 11.7 Å². The highest BCUT2D eigenvalue weighted by Gasteiger charge is 2.30. The van der Waals surface area contributed by atoms with Gasteiger partial charge in [-0.3, -0.25) is 0 Å². The minimum atomic E-state index is -4.30. The zero-order chi connectivity index (χ0) is 20.0. The summed E-state index contributed by atoms with van der Waals surface area (Å²) in [6.45, 7) is 1.47. The van der Waals surface area contributed by atoms with E-state index in [9.17, 15) is 17.6 Å². The second-order valence-corrected chi connectivity index (χ2v) is 7.71. The standard InChI is InChI=1S/C22H21F4NS/c23-20-11-9-18(10-12-20)16-27-13-2-1-8-21(27)28-14-4-6-17-5-3-7-19(15-17)22(24,25)26/h1-3,5,7-12,15H,4,6,13-14,16H2. The van der Waals surface area contributed by atoms with Crippen molar-refractivity contribution in [2.75, 3.05) is 12.3 Å². The van der Waals surface area contributed by atoms with E-state index in [0.717, 1.165) is 35.4 Å². The van der Waals surface area contributed by atoms with Gasteiger partial charge in [-0.2, -0.15) is 13.2 Å². The zero-order valence-electron chi connectivity index (χ0n) is 15.3. The third-order valence-corrected chi connectivity index (χ3v) is 5.60. The highest BCUT2D eigenvalue weighted by Crippen LogP contribution is 2.30. The fourth-order valence-electron chi connectivity index (χ4n) is 2.98. The molecule has 0 spiro atoms. The first kappa shape index (κ1) is 20.5. The van der Waals surface area contributed by atoms with Crippen molar-refractivity contribution in [1.29, 1.82) is 0 Å². The van der Waals surface area contributed by atoms with Crippen LogP contribution in [0.3, 0.4) is 0 Å². The Kier molecular flexibility index (Phi) is 6.83. The van der Waals surface area contributed by atoms with E-state index in [0.29, 0.717) is 18.5 Å². The van der Waals surface area contributed by atoms with E-state index in [-0.39, 0.29) is 5.82 Å². The van der Waals surface area contributed by atoms with Crippen molar-refractivity contribution in [3.63, 3.8) is 0 Å². The Hall–Kier alpha value is -2.21. The summed E-state index contributed by atoms with van der Waals surface area (Å²) in [4.78, 5) is 2.21. The fourth-order valence-corrected chi connectivity index (χ4v) is 3.98. The molecule has 0 amide bonds. The van der Waals surface area contributed by atoms with Crippen molar-refractivity contribution in [1.82, 2.24) is 4.90 Å². The van der Waals surface area contributed by atoms with Gasteiger partial charge in [0.1, 0.15) is 5.82 Å². The molecule has 0 fully saturated rings. The molecule has 1 heterocycles. The quantitative estimate of drug-likeness (QED) is 0.385. The Morgan fingerprint density at radius 2 is 1.79 bits per heavy atom. The van der Waals surface area contributed by atoms with E-state index in [1.54, 1.807) is 30.0 Å². The van der Waals surface area contributed by atoms with Crippen LogP contribution >= 0.6 is 11.8 Å². The molecule has 1 nitrogen and oxygen atoms in total. The van der Waals surface area contributed by atoms with Crippen molar-refractivity contribution in [3.8, 4) is 0 Å². The molecule has 0 saturated heterocycles. The summed E-state index contributed by atoms with van der Waals surface area (Å²) in [5.41, 5.74) is 1.14. The maximum atomic E-state index is 13.1. The number of alkyl halides is 3. The first-order valence-corrected chi connectivity index (χ1v) is 10.1. The molecule has 6 heteroatoms. The van der Waals surface area contributed by atoms with E-state index in [2.05, 4.69) is 11.0 Å². The molecule has 0 unspecified atom stereocenters. The van der Waals surface area contributed by atoms with Crippen LogP contribution < -0.4 is 0 Å². The molecule has 0 aromatic heterocycles. The van der Waals surface area contributed by atoms with Crippen LogP contribution in [0.4, 0.5) is 17.6 Å². The maximum absolute atomic E-state index is 13.1. The minimum Gasteiger partial charge on any atom is -0.358 e. The highest BCUT2D eigenvalue weighted by molar-refractivity contribution is 8.03. The van der Waals surface area contributed by atoms with Crippen molar-refractivity contribution >= 4 is 11.8 Å². The molecule has 1 aliphatic rings. The van der Waals surface area contributed by atoms with Gasteiger partial charge in [0.2, 0.25) is 0 Å². The predicted octanol–water partition coefficient (Wildman–Crippen LogP) is 6.42. The SMILES string of the molecule is Fc1ccc(CN2CC=CC=C2SCCCc2cccc(C(F)(F)F)c2)cc1. The average Bonchev–Trinajstić information content (AvgIpc) is 2.68. The molecule has 0 aliphatic carbocycles. The van der Waals surface area contributed by atoms with Gasteiger partial charge in [0, 0.05) is 13.1 Å². The first-order chi connectivity index (χ1) is 13.4. The van der Waals surface area contributed by atoms with Gasteiger partial charge >= 0.3 is 6.18 Å². The van der Waals surface area contributed by atoms with Crippen molar-refractivity contribution in [2.24, 2.45) is 0 Å². The summed E-state index contributed by atoms with van der Waals surface area (Å²) < 4.78 is 51.5. The Labute approximate surface area is 166 Å². The molecule has 148 valence electrons. The topological polar surface area (TPSA) is 3.24 Å². The van der Waals surface area contributed by atoms with Crippen LogP contribution in [0.15, 0.2) is 71.8 Å². The molecule has 0 radical (unpaired) electrons. The molecule has 0 atom stereocenters. The Morgan fingerprint density at radius 3 is 2.54 bits per heavy atom. The van der Waals surface area contributed by atoms with E-state index in [4.69, 9.17) is 0 Å². The summed E-state index contributed by atoms with van der Waals surface area (Å²) in [7, 11) is 0. The Morgan fingerprint density at radius 1 is 1.00 bits per heavy atom. The molecular formula is C22H21F4NS. The summed E-state index contributed by atoms with van der Waals surface area (Å²) >= 11 is 1.70. The van der Waals surface area contributed by atoms with Gasteiger partial charge in [-0.1, -0.05) is 42.5 Å². The van der Waals surface area contributed by atoms with Gasteiger partial charge in [0.15, 0.2) is 0 Å². The molecule has 0 N–H and O–H groups in total. The normalized spacial score (nSPS) is 14.3. The van der Waals surface area contributed by atoms with E-state index in [1.165, 1.54) is 24.3 Å². The molecule has 2 aromatic carbocycles. The lowest BCUT2D eigenvalue weighted by atomic mass is 10.1. The molecule has 0 saturated carbocycles. The number of thioether (sulfide) groups is 1. The van der Waals surface area contributed by atoms with Gasteiger partial charge < -0.3 is 4.90 Å². The zero-order valence-corrected chi connectivity index (χ0v) is 16.1. The van der Waals surface area contributed by atoms with Crippen LogP contribution in [-0.2, 0) is 19.1 Å². The van der Waals surface area contributed by atoms with Gasteiger partial charge in [-0.05, 0) is 54.0 Å². The van der Waals surface area contributed by atoms with Gasteiger partial charge in [-0.25, -0.2) is 4.39 Å².